The van der Waals surface area contributed by atoms with E-state index in [2.05, 4.69) is 181 Å². The molecule has 1 aromatic rings. The molecule has 0 spiro atoms. The lowest BCUT2D eigenvalue weighted by molar-refractivity contribution is -0.261. The lowest BCUT2D eigenvalue weighted by Crippen LogP contribution is -2.74. The molecule has 0 radical (unpaired) electrons. The van der Waals surface area contributed by atoms with Gasteiger partial charge in [-0.15, -0.1) is 0 Å². The molecule has 6 aliphatic rings. The summed E-state index contributed by atoms with van der Waals surface area (Å²) in [6, 6.07) is 11.1. The molecular weight excluding hydrogens is 565 g/mol. The topological polar surface area (TPSA) is 0 Å². The number of rotatable bonds is 2. The first kappa shape index (κ1) is 32.4. The van der Waals surface area contributed by atoms with Gasteiger partial charge in [-0.2, -0.15) is 0 Å². The van der Waals surface area contributed by atoms with Crippen LogP contribution in [0.3, 0.4) is 0 Å². The zero-order valence-electron chi connectivity index (χ0n) is 31.6. The lowest BCUT2D eigenvalue weighted by Gasteiger charge is -2.79. The molecule has 0 nitrogen and oxygen atoms in total. The number of benzene rings is 1. The van der Waals surface area contributed by atoms with E-state index in [-0.39, 0.29) is 43.3 Å². The number of hydrogen-bond donors (Lipinski definition) is 0. The summed E-state index contributed by atoms with van der Waals surface area (Å²) in [7, 11) is 0. The third-order valence-electron chi connectivity index (χ3n) is 16.5. The summed E-state index contributed by atoms with van der Waals surface area (Å²) >= 11 is 0. The Morgan fingerprint density at radius 2 is 1.21 bits per heavy atom. The van der Waals surface area contributed by atoms with Crippen molar-refractivity contribution in [3.8, 4) is 0 Å². The zero-order chi connectivity index (χ0) is 34.2. The van der Waals surface area contributed by atoms with Crippen LogP contribution in [0.25, 0.3) is 5.57 Å². The van der Waals surface area contributed by atoms with Crippen molar-refractivity contribution in [3.63, 3.8) is 0 Å². The summed E-state index contributed by atoms with van der Waals surface area (Å²) in [4.78, 5) is 0. The fourth-order valence-electron chi connectivity index (χ4n) is 12.5. The van der Waals surface area contributed by atoms with Crippen LogP contribution in [0.2, 0.25) is 0 Å². The van der Waals surface area contributed by atoms with Crippen molar-refractivity contribution in [1.82, 2.24) is 0 Å². The van der Waals surface area contributed by atoms with Gasteiger partial charge in [-0.25, -0.2) is 0 Å². The Labute approximate surface area is 286 Å². The number of allylic oxidation sites excluding steroid dienone is 18. The first-order valence-electron chi connectivity index (χ1n) is 18.1. The highest BCUT2D eigenvalue weighted by atomic mass is 14.9. The first-order chi connectivity index (χ1) is 21.8. The van der Waals surface area contributed by atoms with Crippen molar-refractivity contribution in [1.29, 1.82) is 0 Å². The lowest BCUT2D eigenvalue weighted by atomic mass is 9.24. The molecule has 7 rings (SSSR count). The number of hydrogen-bond acceptors (Lipinski definition) is 0. The van der Waals surface area contributed by atoms with Crippen LogP contribution in [0.5, 0.6) is 0 Å². The second-order valence-electron chi connectivity index (χ2n) is 18.3. The van der Waals surface area contributed by atoms with Gasteiger partial charge in [0.15, 0.2) is 0 Å². The van der Waals surface area contributed by atoms with E-state index in [9.17, 15) is 0 Å². The molecule has 0 aliphatic heterocycles. The molecule has 6 aliphatic carbocycles. The summed E-state index contributed by atoms with van der Waals surface area (Å²) in [6.07, 6.45) is 27.1. The van der Waals surface area contributed by atoms with E-state index in [0.29, 0.717) is 0 Å². The predicted molar refractivity (Wildman–Crippen MR) is 203 cm³/mol. The van der Waals surface area contributed by atoms with Crippen molar-refractivity contribution in [2.45, 2.75) is 103 Å². The Morgan fingerprint density at radius 3 is 1.77 bits per heavy atom. The van der Waals surface area contributed by atoms with Gasteiger partial charge in [0.25, 0.3) is 0 Å². The predicted octanol–water partition coefficient (Wildman–Crippen LogP) is 13.1. The molecule has 47 heavy (non-hydrogen) atoms. The summed E-state index contributed by atoms with van der Waals surface area (Å²) in [6.45, 7) is 32.8. The molecule has 0 aromatic heterocycles. The van der Waals surface area contributed by atoms with Crippen LogP contribution < -0.4 is 0 Å². The van der Waals surface area contributed by atoms with E-state index in [0.717, 1.165) is 12.8 Å². The van der Waals surface area contributed by atoms with Crippen LogP contribution in [-0.2, 0) is 0 Å². The molecule has 0 saturated heterocycles. The molecule has 0 N–H and O–H groups in total. The second kappa shape index (κ2) is 9.52. The van der Waals surface area contributed by atoms with E-state index in [1.54, 1.807) is 16.7 Å². The van der Waals surface area contributed by atoms with Crippen molar-refractivity contribution in [2.24, 2.45) is 43.3 Å². The average Bonchev–Trinajstić information content (AvgIpc) is 3.50. The fourth-order valence-corrected chi connectivity index (χ4v) is 12.5. The minimum atomic E-state index is -0.139. The van der Waals surface area contributed by atoms with Crippen LogP contribution in [0.1, 0.15) is 108 Å². The van der Waals surface area contributed by atoms with Crippen LogP contribution in [0.15, 0.2) is 130 Å². The average molecular weight is 623 g/mol. The summed E-state index contributed by atoms with van der Waals surface area (Å²) < 4.78 is 0. The highest BCUT2D eigenvalue weighted by Gasteiger charge is 2.84. The van der Waals surface area contributed by atoms with Crippen molar-refractivity contribution in [2.75, 3.05) is 0 Å². The quantitative estimate of drug-likeness (QED) is 0.308. The molecule has 2 saturated carbocycles. The normalized spacial score (nSPS) is 43.0. The Balaban J connectivity index is 1.58. The Morgan fingerprint density at radius 1 is 0.681 bits per heavy atom. The molecule has 246 valence electrons. The van der Waals surface area contributed by atoms with Crippen LogP contribution in [0.4, 0.5) is 0 Å². The monoisotopic (exact) mass is 622 g/mol. The summed E-state index contributed by atoms with van der Waals surface area (Å²) in [5, 5.41) is 0. The third kappa shape index (κ3) is 3.41. The van der Waals surface area contributed by atoms with E-state index in [1.807, 2.05) is 0 Å². The van der Waals surface area contributed by atoms with Crippen LogP contribution in [-0.4, -0.2) is 0 Å². The van der Waals surface area contributed by atoms with E-state index in [1.165, 1.54) is 33.4 Å². The smallest absolute Gasteiger partial charge is 0.0170 e. The van der Waals surface area contributed by atoms with Gasteiger partial charge >= 0.3 is 0 Å². The van der Waals surface area contributed by atoms with E-state index in [4.69, 9.17) is 0 Å². The third-order valence-corrected chi connectivity index (χ3v) is 16.5. The Hall–Kier alpha value is -3.12. The van der Waals surface area contributed by atoms with Gasteiger partial charge in [0, 0.05) is 27.1 Å². The molecule has 2 fully saturated rings. The second-order valence-corrected chi connectivity index (χ2v) is 18.3. The molecule has 0 amide bonds. The molecule has 0 bridgehead atoms. The highest BCUT2D eigenvalue weighted by molar-refractivity contribution is 5.80. The molecule has 1 aromatic carbocycles. The molecule has 0 heteroatoms. The van der Waals surface area contributed by atoms with Gasteiger partial charge in [0.1, 0.15) is 0 Å². The first-order valence-corrected chi connectivity index (χ1v) is 18.1. The van der Waals surface area contributed by atoms with Crippen LogP contribution in [0, 0.1) is 43.3 Å². The standard InChI is InChI=1S/C47H58/c1-31-27-35(40(4,5)6)28-37(31)39-33(3)46(12)36(29-38(39)32(2)34-21-15-14-16-22-34)30-45(11)43(9)25-18-17-23-41(43,7)42(8)24-19-20-26-44(42,10)47(45,46)13/h14-27,29H,28,30H2,1-13H3/b38-32-. The zero-order valence-corrected chi connectivity index (χ0v) is 31.6. The maximum atomic E-state index is 2.71. The minimum absolute atomic E-state index is 0.0171. The van der Waals surface area contributed by atoms with Crippen molar-refractivity contribution in [3.05, 3.63) is 136 Å². The maximum Gasteiger partial charge on any atom is 0.0170 e. The SMILES string of the molecule is CC1=C(C2=C(C)C3(C)C(=C/C2=C(\C)c2ccccc2)CC2(C)C4(C)C=CC=CC4(C)C4(C)C=CC=CC4(C)C32C)CC(C(C)(C)C)=C1. The highest BCUT2D eigenvalue weighted by Crippen LogP contribution is 2.90. The molecule has 7 unspecified atom stereocenters. The Bertz CT molecular complexity index is 1870. The largest absolute Gasteiger partial charge is 0.0771 e. The van der Waals surface area contributed by atoms with Crippen molar-refractivity contribution >= 4 is 5.57 Å². The maximum absolute atomic E-state index is 2.71. The van der Waals surface area contributed by atoms with Crippen LogP contribution >= 0.6 is 0 Å². The molecule has 0 heterocycles. The summed E-state index contributed by atoms with van der Waals surface area (Å²) in [5.74, 6) is 0. The fraction of sp³-hybridized carbons (Fsp3) is 0.489. The minimum Gasteiger partial charge on any atom is -0.0771 e. The van der Waals surface area contributed by atoms with Gasteiger partial charge < -0.3 is 0 Å². The van der Waals surface area contributed by atoms with E-state index < -0.39 is 0 Å². The van der Waals surface area contributed by atoms with Crippen molar-refractivity contribution < 1.29 is 0 Å². The van der Waals surface area contributed by atoms with Gasteiger partial charge in [-0.1, -0.05) is 177 Å². The number of fused-ring (bicyclic) bond motifs is 8. The van der Waals surface area contributed by atoms with Gasteiger partial charge in [-0.05, 0) is 83.3 Å². The van der Waals surface area contributed by atoms with Gasteiger partial charge in [0.2, 0.25) is 0 Å². The summed E-state index contributed by atoms with van der Waals surface area (Å²) in [5.41, 5.74) is 12.9. The van der Waals surface area contributed by atoms with Gasteiger partial charge in [0.05, 0.1) is 0 Å². The van der Waals surface area contributed by atoms with E-state index >= 15 is 0 Å². The molecular formula is C47H58. The Kier molecular flexibility index (Phi) is 6.57. The molecule has 7 atom stereocenters. The van der Waals surface area contributed by atoms with Gasteiger partial charge in [-0.3, -0.25) is 0 Å².